The summed E-state index contributed by atoms with van der Waals surface area (Å²) in [6, 6.07) is 17.8. The van der Waals surface area contributed by atoms with E-state index in [1.165, 1.54) is 30.3 Å². The second-order valence-electron chi connectivity index (χ2n) is 7.72. The second kappa shape index (κ2) is 9.17. The van der Waals surface area contributed by atoms with E-state index in [4.69, 9.17) is 38.4 Å². The number of rotatable bonds is 4. The highest BCUT2D eigenvalue weighted by Crippen LogP contribution is 2.44. The van der Waals surface area contributed by atoms with Gasteiger partial charge in [-0.3, -0.25) is 10.1 Å². The number of fused-ring (bicyclic) bond motifs is 2. The molecule has 11 heteroatoms. The lowest BCUT2D eigenvalue weighted by Gasteiger charge is -2.26. The Balaban J connectivity index is 1.51. The Bertz CT molecular complexity index is 1660. The first-order valence-electron chi connectivity index (χ1n) is 10.3. The van der Waals surface area contributed by atoms with Crippen molar-refractivity contribution in [3.05, 3.63) is 108 Å². The Hall–Kier alpha value is -4.10. The largest absolute Gasteiger partial charge is 0.440 e. The third-order valence-electron chi connectivity index (χ3n) is 5.61. The fourth-order valence-corrected chi connectivity index (χ4v) is 5.84. The predicted molar refractivity (Wildman–Crippen MR) is 136 cm³/mol. The minimum Gasteiger partial charge on any atom is -0.440 e. The van der Waals surface area contributed by atoms with Gasteiger partial charge in [-0.25, -0.2) is 4.79 Å². The first-order valence-corrected chi connectivity index (χ1v) is 11.9. The first-order chi connectivity index (χ1) is 17.3. The van der Waals surface area contributed by atoms with Crippen molar-refractivity contribution in [1.82, 2.24) is 0 Å². The van der Waals surface area contributed by atoms with Crippen molar-refractivity contribution in [2.24, 2.45) is 5.73 Å². The van der Waals surface area contributed by atoms with Crippen molar-refractivity contribution in [3.63, 3.8) is 0 Å². The SMILES string of the molecule is N#CC1=C(N)Oc2cc(OC(=O)c3sc4cccc(Cl)c4c3Cl)ccc2C1c1cccc([N+](=O)[O-])c1. The van der Waals surface area contributed by atoms with Crippen molar-refractivity contribution in [1.29, 1.82) is 5.26 Å². The molecule has 178 valence electrons. The molecule has 0 fully saturated rings. The number of nitriles is 1. The van der Waals surface area contributed by atoms with Crippen LogP contribution in [0.4, 0.5) is 5.69 Å². The van der Waals surface area contributed by atoms with E-state index in [-0.39, 0.29) is 38.5 Å². The Labute approximate surface area is 217 Å². The standard InChI is InChI=1S/C25H13Cl2N3O5S/c26-17-5-2-6-19-21(17)22(27)23(36-19)25(31)34-14-7-8-15-18(10-14)35-24(29)16(11-28)20(15)12-3-1-4-13(9-12)30(32)33/h1-10,20H,29H2. The van der Waals surface area contributed by atoms with E-state index >= 15 is 0 Å². The number of ether oxygens (including phenoxy) is 2. The zero-order valence-corrected chi connectivity index (χ0v) is 20.4. The summed E-state index contributed by atoms with van der Waals surface area (Å²) >= 11 is 13.8. The average molecular weight is 538 g/mol. The number of nitrogens with zero attached hydrogens (tertiary/aromatic N) is 2. The third-order valence-corrected chi connectivity index (χ3v) is 7.55. The summed E-state index contributed by atoms with van der Waals surface area (Å²) in [5.74, 6) is -1.12. The van der Waals surface area contributed by atoms with Crippen LogP contribution in [0.3, 0.4) is 0 Å². The van der Waals surface area contributed by atoms with Crippen molar-refractivity contribution >= 4 is 56.3 Å². The van der Waals surface area contributed by atoms with Crippen LogP contribution in [0.2, 0.25) is 10.0 Å². The number of nitro groups is 1. The lowest BCUT2D eigenvalue weighted by Crippen LogP contribution is -2.21. The molecule has 0 amide bonds. The molecule has 8 nitrogen and oxygen atoms in total. The molecule has 0 saturated carbocycles. The molecule has 0 radical (unpaired) electrons. The van der Waals surface area contributed by atoms with Crippen LogP contribution in [-0.2, 0) is 0 Å². The highest BCUT2D eigenvalue weighted by atomic mass is 35.5. The summed E-state index contributed by atoms with van der Waals surface area (Å²) in [5.41, 5.74) is 7.03. The molecule has 1 aliphatic rings. The maximum atomic E-state index is 12.9. The number of thiophene rings is 1. The molecule has 1 aliphatic heterocycles. The van der Waals surface area contributed by atoms with E-state index in [2.05, 4.69) is 0 Å². The molecule has 4 aromatic rings. The van der Waals surface area contributed by atoms with E-state index < -0.39 is 16.8 Å². The lowest BCUT2D eigenvalue weighted by atomic mass is 9.83. The van der Waals surface area contributed by atoms with Gasteiger partial charge in [0.15, 0.2) is 0 Å². The number of carbonyl (C=O) groups is 1. The molecule has 2 heterocycles. The number of hydrogen-bond donors (Lipinski definition) is 1. The molecule has 0 bridgehead atoms. The van der Waals surface area contributed by atoms with Gasteiger partial charge in [0, 0.05) is 33.8 Å². The van der Waals surface area contributed by atoms with Gasteiger partial charge >= 0.3 is 5.97 Å². The number of carbonyl (C=O) groups excluding carboxylic acids is 1. The summed E-state index contributed by atoms with van der Waals surface area (Å²) in [7, 11) is 0. The van der Waals surface area contributed by atoms with Crippen molar-refractivity contribution in [2.75, 3.05) is 0 Å². The fraction of sp³-hybridized carbons (Fsp3) is 0.0400. The number of nitro benzene ring substituents is 1. The number of hydrogen-bond acceptors (Lipinski definition) is 8. The predicted octanol–water partition coefficient (Wildman–Crippen LogP) is 6.55. The van der Waals surface area contributed by atoms with Gasteiger partial charge in [-0.1, -0.05) is 47.5 Å². The van der Waals surface area contributed by atoms with Gasteiger partial charge < -0.3 is 15.2 Å². The molecule has 1 unspecified atom stereocenters. The molecule has 5 rings (SSSR count). The molecule has 2 N–H and O–H groups in total. The molecule has 0 spiro atoms. The zero-order valence-electron chi connectivity index (χ0n) is 18.0. The van der Waals surface area contributed by atoms with Gasteiger partial charge in [0.05, 0.1) is 20.9 Å². The van der Waals surface area contributed by atoms with Gasteiger partial charge in [0.25, 0.3) is 5.69 Å². The first kappa shape index (κ1) is 23.6. The van der Waals surface area contributed by atoms with Crippen LogP contribution >= 0.6 is 34.5 Å². The minimum absolute atomic E-state index is 0.113. The lowest BCUT2D eigenvalue weighted by molar-refractivity contribution is -0.384. The Morgan fingerprint density at radius 1 is 1.17 bits per heavy atom. The summed E-state index contributed by atoms with van der Waals surface area (Å²) in [5, 5.41) is 22.2. The summed E-state index contributed by atoms with van der Waals surface area (Å²) < 4.78 is 11.9. The van der Waals surface area contributed by atoms with E-state index in [0.717, 1.165) is 16.0 Å². The maximum Gasteiger partial charge on any atom is 0.355 e. The Morgan fingerprint density at radius 2 is 1.94 bits per heavy atom. The third kappa shape index (κ3) is 4.01. The van der Waals surface area contributed by atoms with Gasteiger partial charge in [0.1, 0.15) is 28.0 Å². The van der Waals surface area contributed by atoms with E-state index in [0.29, 0.717) is 21.5 Å². The highest BCUT2D eigenvalue weighted by molar-refractivity contribution is 7.21. The molecule has 36 heavy (non-hydrogen) atoms. The maximum absolute atomic E-state index is 12.9. The minimum atomic E-state index is -0.706. The summed E-state index contributed by atoms with van der Waals surface area (Å²) in [6.45, 7) is 0. The molecule has 1 atom stereocenters. The number of benzene rings is 3. The molecule has 3 aromatic carbocycles. The van der Waals surface area contributed by atoms with Crippen LogP contribution in [0.1, 0.15) is 26.7 Å². The van der Waals surface area contributed by atoms with Crippen LogP contribution in [-0.4, -0.2) is 10.9 Å². The number of nitrogens with two attached hydrogens (primary N) is 1. The highest BCUT2D eigenvalue weighted by Gasteiger charge is 2.32. The quantitative estimate of drug-likeness (QED) is 0.135. The van der Waals surface area contributed by atoms with E-state index in [9.17, 15) is 20.2 Å². The monoisotopic (exact) mass is 537 g/mol. The fourth-order valence-electron chi connectivity index (χ4n) is 4.02. The van der Waals surface area contributed by atoms with Crippen molar-refractivity contribution in [2.45, 2.75) is 5.92 Å². The molecular weight excluding hydrogens is 525 g/mol. The van der Waals surface area contributed by atoms with Gasteiger partial charge in [0.2, 0.25) is 5.88 Å². The van der Waals surface area contributed by atoms with Crippen molar-refractivity contribution < 1.29 is 19.2 Å². The number of allylic oxidation sites excluding steroid dienone is 1. The van der Waals surface area contributed by atoms with Gasteiger partial charge in [-0.2, -0.15) is 5.26 Å². The topological polar surface area (TPSA) is 128 Å². The second-order valence-corrected chi connectivity index (χ2v) is 9.56. The Kier molecular flexibility index (Phi) is 6.02. The number of non-ortho nitro benzene ring substituents is 1. The molecular formula is C25H13Cl2N3O5S. The number of halogens is 2. The molecule has 1 aromatic heterocycles. The normalized spacial score (nSPS) is 14.6. The smallest absolute Gasteiger partial charge is 0.355 e. The van der Waals surface area contributed by atoms with Crippen LogP contribution in [0, 0.1) is 21.4 Å². The zero-order chi connectivity index (χ0) is 25.6. The summed E-state index contributed by atoms with van der Waals surface area (Å²) in [4.78, 5) is 23.9. The van der Waals surface area contributed by atoms with E-state index in [1.807, 2.05) is 6.07 Å². The van der Waals surface area contributed by atoms with E-state index in [1.54, 1.807) is 30.3 Å². The van der Waals surface area contributed by atoms with Crippen LogP contribution in [0.5, 0.6) is 11.5 Å². The van der Waals surface area contributed by atoms with Crippen LogP contribution in [0.25, 0.3) is 10.1 Å². The number of esters is 1. The van der Waals surface area contributed by atoms with Crippen LogP contribution in [0.15, 0.2) is 72.1 Å². The average Bonchev–Trinajstić information content (AvgIpc) is 3.20. The van der Waals surface area contributed by atoms with Gasteiger partial charge in [-0.15, -0.1) is 11.3 Å². The van der Waals surface area contributed by atoms with Crippen molar-refractivity contribution in [3.8, 4) is 17.6 Å². The molecule has 0 saturated heterocycles. The summed E-state index contributed by atoms with van der Waals surface area (Å²) in [6.07, 6.45) is 0. The van der Waals surface area contributed by atoms with Crippen LogP contribution < -0.4 is 15.2 Å². The van der Waals surface area contributed by atoms with Gasteiger partial charge in [-0.05, 0) is 23.8 Å². The Morgan fingerprint density at radius 3 is 2.67 bits per heavy atom. The molecule has 0 aliphatic carbocycles.